The number of hydrogen-bond acceptors (Lipinski definition) is 5. The molecule has 0 aliphatic heterocycles. The van der Waals surface area contributed by atoms with Gasteiger partial charge >= 0.3 is 0 Å². The summed E-state index contributed by atoms with van der Waals surface area (Å²) < 4.78 is 26.6. The third-order valence-corrected chi connectivity index (χ3v) is 8.50. The van der Waals surface area contributed by atoms with Crippen molar-refractivity contribution < 1.29 is 13.2 Å². The molecule has 0 spiro atoms. The molecule has 0 bridgehead atoms. The summed E-state index contributed by atoms with van der Waals surface area (Å²) in [6.45, 7) is 0.514. The zero-order chi connectivity index (χ0) is 20.9. The van der Waals surface area contributed by atoms with E-state index in [4.69, 9.17) is 11.6 Å². The van der Waals surface area contributed by atoms with E-state index in [9.17, 15) is 13.2 Å². The molecule has 0 fully saturated rings. The Morgan fingerprint density at radius 1 is 1.10 bits per heavy atom. The van der Waals surface area contributed by atoms with Gasteiger partial charge in [-0.1, -0.05) is 17.7 Å². The van der Waals surface area contributed by atoms with Crippen molar-refractivity contribution in [3.8, 4) is 0 Å². The normalized spacial score (nSPS) is 11.2. The van der Waals surface area contributed by atoms with E-state index in [1.165, 1.54) is 22.7 Å². The highest BCUT2D eigenvalue weighted by Gasteiger charge is 2.22. The molecule has 0 saturated heterocycles. The number of amides is 1. The van der Waals surface area contributed by atoms with Gasteiger partial charge < -0.3 is 5.32 Å². The Morgan fingerprint density at radius 3 is 2.41 bits per heavy atom. The first-order valence-electron chi connectivity index (χ1n) is 8.67. The number of rotatable bonds is 8. The molecule has 1 N–H and O–H groups in total. The van der Waals surface area contributed by atoms with Crippen LogP contribution in [0.15, 0.2) is 75.1 Å². The molecule has 0 radical (unpaired) electrons. The Balaban J connectivity index is 1.54. The second kappa shape index (κ2) is 9.67. The van der Waals surface area contributed by atoms with Crippen LogP contribution < -0.4 is 9.62 Å². The van der Waals surface area contributed by atoms with Crippen LogP contribution in [-0.4, -0.2) is 33.7 Å². The van der Waals surface area contributed by atoms with Gasteiger partial charge in [0.1, 0.15) is 4.21 Å². The third kappa shape index (κ3) is 5.54. The third-order valence-electron chi connectivity index (χ3n) is 4.07. The monoisotopic (exact) mass is 466 g/mol. The summed E-state index contributed by atoms with van der Waals surface area (Å²) in [5.41, 5.74) is 0.973. The maximum Gasteiger partial charge on any atom is 0.273 e. The highest BCUT2D eigenvalue weighted by atomic mass is 35.5. The Morgan fingerprint density at radius 2 is 1.79 bits per heavy atom. The van der Waals surface area contributed by atoms with Crippen LogP contribution >= 0.6 is 34.7 Å². The Bertz CT molecular complexity index is 1050. The van der Waals surface area contributed by atoms with Crippen LogP contribution in [0.5, 0.6) is 0 Å². The highest BCUT2D eigenvalue weighted by molar-refractivity contribution is 7.99. The molecule has 152 valence electrons. The first-order chi connectivity index (χ1) is 13.9. The van der Waals surface area contributed by atoms with E-state index < -0.39 is 10.0 Å². The number of thioether (sulfide) groups is 1. The lowest BCUT2D eigenvalue weighted by molar-refractivity contribution is 0.0956. The molecule has 0 aliphatic rings. The van der Waals surface area contributed by atoms with Crippen LogP contribution in [0.4, 0.5) is 5.69 Å². The number of sulfonamides is 1. The maximum absolute atomic E-state index is 12.6. The van der Waals surface area contributed by atoms with Crippen molar-refractivity contribution in [3.63, 3.8) is 0 Å². The number of carbonyl (C=O) groups excluding carboxylic acids is 1. The summed E-state index contributed by atoms with van der Waals surface area (Å²) in [5.74, 6) is 0.532. The minimum atomic E-state index is -3.59. The van der Waals surface area contributed by atoms with Gasteiger partial charge in [0.05, 0.1) is 5.69 Å². The van der Waals surface area contributed by atoms with E-state index in [0.29, 0.717) is 22.8 Å². The van der Waals surface area contributed by atoms with E-state index in [2.05, 4.69) is 5.32 Å². The molecule has 1 heterocycles. The molecule has 3 rings (SSSR count). The van der Waals surface area contributed by atoms with E-state index in [1.54, 1.807) is 53.5 Å². The molecule has 1 amide bonds. The lowest BCUT2D eigenvalue weighted by atomic mass is 10.2. The standard InChI is InChI=1S/C20H19ClN2O3S3/c1-23(29(25,26)19-3-2-13-28-19)17-8-4-15(5-9-17)20(24)22-12-14-27-18-10-6-16(21)7-11-18/h2-11,13H,12,14H2,1H3,(H,22,24). The minimum absolute atomic E-state index is 0.197. The van der Waals surface area contributed by atoms with Crippen LogP contribution in [0.3, 0.4) is 0 Å². The fourth-order valence-electron chi connectivity index (χ4n) is 2.47. The van der Waals surface area contributed by atoms with Gasteiger partial charge in [-0.05, 0) is 60.0 Å². The van der Waals surface area contributed by atoms with E-state index in [1.807, 2.05) is 24.3 Å². The Hall–Kier alpha value is -2.00. The van der Waals surface area contributed by atoms with Crippen LogP contribution in [0.2, 0.25) is 5.02 Å². The molecule has 0 unspecified atom stereocenters. The fourth-order valence-corrected chi connectivity index (χ4v) is 5.72. The number of nitrogens with zero attached hydrogens (tertiary/aromatic N) is 1. The SMILES string of the molecule is CN(c1ccc(C(=O)NCCSc2ccc(Cl)cc2)cc1)S(=O)(=O)c1cccs1. The summed E-state index contributed by atoms with van der Waals surface area (Å²) in [6, 6.07) is 17.3. The second-order valence-corrected chi connectivity index (χ2v) is 10.8. The number of benzene rings is 2. The number of anilines is 1. The minimum Gasteiger partial charge on any atom is -0.351 e. The number of thiophene rings is 1. The number of carbonyl (C=O) groups is 1. The molecule has 29 heavy (non-hydrogen) atoms. The van der Waals surface area contributed by atoms with Crippen molar-refractivity contribution in [1.29, 1.82) is 0 Å². The number of nitrogens with one attached hydrogen (secondary N) is 1. The molecule has 0 saturated carbocycles. The molecule has 1 aromatic heterocycles. The van der Waals surface area contributed by atoms with Gasteiger partial charge in [0.25, 0.3) is 15.9 Å². The molecule has 2 aromatic carbocycles. The Labute approximate surface area is 183 Å². The topological polar surface area (TPSA) is 66.5 Å². The highest BCUT2D eigenvalue weighted by Crippen LogP contribution is 2.25. The van der Waals surface area contributed by atoms with Crippen molar-refractivity contribution in [1.82, 2.24) is 5.32 Å². The number of halogens is 1. The maximum atomic E-state index is 12.6. The molecular weight excluding hydrogens is 448 g/mol. The molecule has 3 aromatic rings. The molecule has 0 atom stereocenters. The van der Waals surface area contributed by atoms with E-state index >= 15 is 0 Å². The van der Waals surface area contributed by atoms with Gasteiger partial charge in [0.2, 0.25) is 0 Å². The zero-order valence-corrected chi connectivity index (χ0v) is 18.7. The zero-order valence-electron chi connectivity index (χ0n) is 15.5. The summed E-state index contributed by atoms with van der Waals surface area (Å²) >= 11 is 8.66. The van der Waals surface area contributed by atoms with Gasteiger partial charge in [-0.3, -0.25) is 9.10 Å². The van der Waals surface area contributed by atoms with Gasteiger partial charge in [-0.25, -0.2) is 8.42 Å². The van der Waals surface area contributed by atoms with Gasteiger partial charge in [-0.15, -0.1) is 23.1 Å². The van der Waals surface area contributed by atoms with Crippen molar-refractivity contribution >= 4 is 56.3 Å². The molecule has 5 nitrogen and oxygen atoms in total. The van der Waals surface area contributed by atoms with E-state index in [0.717, 1.165) is 10.6 Å². The van der Waals surface area contributed by atoms with Crippen LogP contribution in [0.1, 0.15) is 10.4 Å². The largest absolute Gasteiger partial charge is 0.351 e. The number of hydrogen-bond donors (Lipinski definition) is 1. The summed E-state index contributed by atoms with van der Waals surface area (Å²) in [7, 11) is -2.09. The van der Waals surface area contributed by atoms with Gasteiger partial charge in [0.15, 0.2) is 0 Å². The first-order valence-corrected chi connectivity index (χ1v) is 12.4. The summed E-state index contributed by atoms with van der Waals surface area (Å²) in [5, 5.41) is 5.28. The van der Waals surface area contributed by atoms with Gasteiger partial charge in [0, 0.05) is 34.8 Å². The second-order valence-electron chi connectivity index (χ2n) is 6.01. The van der Waals surface area contributed by atoms with Crippen molar-refractivity contribution in [3.05, 3.63) is 76.6 Å². The van der Waals surface area contributed by atoms with Crippen molar-refractivity contribution in [2.75, 3.05) is 23.7 Å². The van der Waals surface area contributed by atoms with Crippen molar-refractivity contribution in [2.45, 2.75) is 9.10 Å². The first kappa shape index (κ1) is 21.7. The predicted molar refractivity (Wildman–Crippen MR) is 121 cm³/mol. The van der Waals surface area contributed by atoms with Crippen LogP contribution in [-0.2, 0) is 10.0 Å². The van der Waals surface area contributed by atoms with E-state index in [-0.39, 0.29) is 10.1 Å². The fraction of sp³-hybridized carbons (Fsp3) is 0.150. The van der Waals surface area contributed by atoms with Crippen LogP contribution in [0.25, 0.3) is 0 Å². The average molecular weight is 467 g/mol. The molecule has 0 aliphatic carbocycles. The van der Waals surface area contributed by atoms with Crippen LogP contribution in [0, 0.1) is 0 Å². The summed E-state index contributed by atoms with van der Waals surface area (Å²) in [4.78, 5) is 13.4. The van der Waals surface area contributed by atoms with Crippen molar-refractivity contribution in [2.24, 2.45) is 0 Å². The Kier molecular flexibility index (Phi) is 7.23. The quantitative estimate of drug-likeness (QED) is 0.384. The smallest absolute Gasteiger partial charge is 0.273 e. The van der Waals surface area contributed by atoms with Gasteiger partial charge in [-0.2, -0.15) is 0 Å². The predicted octanol–water partition coefficient (Wildman–Crippen LogP) is 4.75. The lowest BCUT2D eigenvalue weighted by Gasteiger charge is -2.18. The average Bonchev–Trinajstić information content (AvgIpc) is 3.28. The lowest BCUT2D eigenvalue weighted by Crippen LogP contribution is -2.27. The molecular formula is C20H19ClN2O3S3. The molecule has 9 heteroatoms. The summed E-state index contributed by atoms with van der Waals surface area (Å²) in [6.07, 6.45) is 0.